The molecule has 174 valence electrons. The van der Waals surface area contributed by atoms with Crippen molar-refractivity contribution in [2.24, 2.45) is 16.6 Å². The Morgan fingerprint density at radius 2 is 1.87 bits per heavy atom. The van der Waals surface area contributed by atoms with Gasteiger partial charge in [0.25, 0.3) is 0 Å². The quantitative estimate of drug-likeness (QED) is 0.231. The van der Waals surface area contributed by atoms with Gasteiger partial charge >= 0.3 is 0 Å². The summed E-state index contributed by atoms with van der Waals surface area (Å²) in [6, 6.07) is 8.06. The topological polar surface area (TPSA) is 77.2 Å². The lowest BCUT2D eigenvalue weighted by atomic mass is 9.96. The van der Waals surface area contributed by atoms with E-state index in [1.807, 2.05) is 25.2 Å². The van der Waals surface area contributed by atoms with E-state index in [9.17, 15) is 4.79 Å². The lowest BCUT2D eigenvalue weighted by molar-refractivity contribution is -0.123. The molecule has 0 atom stereocenters. The number of likely N-dealkylation sites (tertiary alicyclic amines) is 1. The maximum atomic E-state index is 11.3. The zero-order valence-electron chi connectivity index (χ0n) is 18.4. The molecule has 0 radical (unpaired) electrons. The van der Waals surface area contributed by atoms with E-state index in [1.54, 1.807) is 0 Å². The summed E-state index contributed by atoms with van der Waals surface area (Å²) in [4.78, 5) is 22.9. The number of carbonyl (C=O) groups is 1. The van der Waals surface area contributed by atoms with Crippen molar-refractivity contribution in [2.75, 3.05) is 64.3 Å². The van der Waals surface area contributed by atoms with Crippen molar-refractivity contribution in [3.8, 4) is 0 Å². The van der Waals surface area contributed by atoms with Crippen LogP contribution in [0.4, 0.5) is 5.69 Å². The Kier molecular flexibility index (Phi) is 11.2. The Labute approximate surface area is 208 Å². The Morgan fingerprint density at radius 1 is 1.16 bits per heavy atom. The number of piperidine rings is 1. The van der Waals surface area contributed by atoms with Crippen LogP contribution in [-0.2, 0) is 4.79 Å². The predicted molar refractivity (Wildman–Crippen MR) is 140 cm³/mol. The Bertz CT molecular complexity index is 718. The smallest absolute Gasteiger partial charge is 0.220 e. The number of guanidine groups is 1. The molecule has 31 heavy (non-hydrogen) atoms. The molecule has 1 aromatic rings. The molecule has 2 fully saturated rings. The number of carbonyl (C=O) groups excluding carboxylic acids is 1. The second kappa shape index (κ2) is 13.3. The van der Waals surface area contributed by atoms with E-state index in [0.717, 1.165) is 89.0 Å². The summed E-state index contributed by atoms with van der Waals surface area (Å²) in [5, 5.41) is 4.30. The first-order valence-electron chi connectivity index (χ1n) is 11.0. The maximum absolute atomic E-state index is 11.3. The third-order valence-electron chi connectivity index (χ3n) is 6.14. The van der Waals surface area contributed by atoms with E-state index >= 15 is 0 Å². The van der Waals surface area contributed by atoms with Gasteiger partial charge in [-0.15, -0.1) is 24.0 Å². The SMILES string of the molecule is CN=C(NCCCCN1CCC(C(N)=O)CC1)N1CCN(c2cccc(Cl)c2)CC1.I. The Balaban J connectivity index is 0.00000341. The van der Waals surface area contributed by atoms with Gasteiger partial charge in [-0.25, -0.2) is 0 Å². The number of benzene rings is 1. The molecule has 1 amide bonds. The summed E-state index contributed by atoms with van der Waals surface area (Å²) in [5.41, 5.74) is 6.59. The van der Waals surface area contributed by atoms with Crippen LogP contribution in [0.2, 0.25) is 5.02 Å². The van der Waals surface area contributed by atoms with Crippen molar-refractivity contribution in [1.82, 2.24) is 15.1 Å². The molecule has 0 aliphatic carbocycles. The predicted octanol–water partition coefficient (Wildman–Crippen LogP) is 2.63. The molecule has 9 heteroatoms. The van der Waals surface area contributed by atoms with Gasteiger partial charge in [-0.1, -0.05) is 17.7 Å². The summed E-state index contributed by atoms with van der Waals surface area (Å²) in [5.74, 6) is 0.923. The highest BCUT2D eigenvalue weighted by Gasteiger charge is 2.23. The molecule has 7 nitrogen and oxygen atoms in total. The lowest BCUT2D eigenvalue weighted by Crippen LogP contribution is -2.52. The van der Waals surface area contributed by atoms with Gasteiger partial charge in [-0.3, -0.25) is 9.79 Å². The van der Waals surface area contributed by atoms with Crippen LogP contribution in [-0.4, -0.2) is 81.1 Å². The molecule has 0 aromatic heterocycles. The molecule has 2 heterocycles. The summed E-state index contributed by atoms with van der Waals surface area (Å²) in [6.07, 6.45) is 4.06. The number of amides is 1. The number of unbranched alkanes of at least 4 members (excludes halogenated alkanes) is 1. The van der Waals surface area contributed by atoms with Crippen molar-refractivity contribution >= 4 is 53.1 Å². The third-order valence-corrected chi connectivity index (χ3v) is 6.37. The van der Waals surface area contributed by atoms with Gasteiger partial charge in [0, 0.05) is 56.4 Å². The van der Waals surface area contributed by atoms with E-state index in [-0.39, 0.29) is 35.8 Å². The molecular formula is C22H36ClIN6O. The minimum Gasteiger partial charge on any atom is -0.369 e. The summed E-state index contributed by atoms with van der Waals surface area (Å²) in [7, 11) is 1.86. The number of primary amides is 1. The molecule has 0 bridgehead atoms. The number of hydrogen-bond acceptors (Lipinski definition) is 4. The van der Waals surface area contributed by atoms with E-state index in [1.165, 1.54) is 5.69 Å². The minimum atomic E-state index is -0.140. The van der Waals surface area contributed by atoms with Crippen LogP contribution >= 0.6 is 35.6 Å². The number of anilines is 1. The average Bonchev–Trinajstić information content (AvgIpc) is 2.77. The minimum absolute atomic E-state index is 0. The van der Waals surface area contributed by atoms with Gasteiger partial charge in [0.2, 0.25) is 5.91 Å². The zero-order valence-corrected chi connectivity index (χ0v) is 21.5. The van der Waals surface area contributed by atoms with Gasteiger partial charge in [0.05, 0.1) is 0 Å². The van der Waals surface area contributed by atoms with Crippen LogP contribution < -0.4 is 16.0 Å². The van der Waals surface area contributed by atoms with Crippen LogP contribution in [0, 0.1) is 5.92 Å². The van der Waals surface area contributed by atoms with Crippen molar-refractivity contribution in [3.05, 3.63) is 29.3 Å². The first-order valence-corrected chi connectivity index (χ1v) is 11.4. The van der Waals surface area contributed by atoms with Gasteiger partial charge in [0.15, 0.2) is 5.96 Å². The van der Waals surface area contributed by atoms with E-state index in [2.05, 4.69) is 31.1 Å². The second-order valence-electron chi connectivity index (χ2n) is 8.15. The standard InChI is InChI=1S/C22H35ClN6O.HI/c1-25-22(26-9-2-3-10-27-11-7-18(8-12-27)21(24)30)29-15-13-28(14-16-29)20-6-4-5-19(23)17-20;/h4-6,17-18H,2-3,7-16H2,1H3,(H2,24,30)(H,25,26);1H. The fourth-order valence-corrected chi connectivity index (χ4v) is 4.47. The molecule has 2 aliphatic heterocycles. The molecule has 0 saturated carbocycles. The van der Waals surface area contributed by atoms with Crippen molar-refractivity contribution < 1.29 is 4.79 Å². The highest BCUT2D eigenvalue weighted by molar-refractivity contribution is 14.0. The van der Waals surface area contributed by atoms with Crippen LogP contribution in [0.1, 0.15) is 25.7 Å². The zero-order chi connectivity index (χ0) is 21.3. The van der Waals surface area contributed by atoms with E-state index in [0.29, 0.717) is 0 Å². The monoisotopic (exact) mass is 562 g/mol. The number of nitrogens with one attached hydrogen (secondary N) is 1. The van der Waals surface area contributed by atoms with Crippen molar-refractivity contribution in [3.63, 3.8) is 0 Å². The molecule has 3 N–H and O–H groups in total. The largest absolute Gasteiger partial charge is 0.369 e. The number of halogens is 2. The van der Waals surface area contributed by atoms with E-state index in [4.69, 9.17) is 17.3 Å². The fraction of sp³-hybridized carbons (Fsp3) is 0.636. The highest BCUT2D eigenvalue weighted by atomic mass is 127. The molecular weight excluding hydrogens is 527 g/mol. The fourth-order valence-electron chi connectivity index (χ4n) is 4.28. The van der Waals surface area contributed by atoms with Crippen molar-refractivity contribution in [2.45, 2.75) is 25.7 Å². The van der Waals surface area contributed by atoms with E-state index < -0.39 is 0 Å². The van der Waals surface area contributed by atoms with Crippen molar-refractivity contribution in [1.29, 1.82) is 0 Å². The molecule has 0 spiro atoms. The number of nitrogens with two attached hydrogens (primary N) is 1. The maximum Gasteiger partial charge on any atom is 0.220 e. The molecule has 2 aliphatic rings. The van der Waals surface area contributed by atoms with Gasteiger partial charge in [-0.05, 0) is 63.5 Å². The van der Waals surface area contributed by atoms with Gasteiger partial charge in [0.1, 0.15) is 0 Å². The van der Waals surface area contributed by atoms with Gasteiger partial charge in [-0.2, -0.15) is 0 Å². The van der Waals surface area contributed by atoms with Crippen LogP contribution in [0.3, 0.4) is 0 Å². The third kappa shape index (κ3) is 7.98. The summed E-state index contributed by atoms with van der Waals surface area (Å²) in [6.45, 7) is 7.80. The molecule has 1 aromatic carbocycles. The first kappa shape index (κ1) is 26.0. The Morgan fingerprint density at radius 3 is 2.48 bits per heavy atom. The summed E-state index contributed by atoms with van der Waals surface area (Å²) < 4.78 is 0. The average molecular weight is 563 g/mol. The number of nitrogens with zero attached hydrogens (tertiary/aromatic N) is 4. The molecule has 3 rings (SSSR count). The molecule has 0 unspecified atom stereocenters. The normalized spacial score (nSPS) is 18.6. The molecule has 2 saturated heterocycles. The lowest BCUT2D eigenvalue weighted by Gasteiger charge is -2.37. The Hall–Kier alpha value is -1.26. The number of hydrogen-bond donors (Lipinski definition) is 2. The second-order valence-corrected chi connectivity index (χ2v) is 8.59. The number of aliphatic imine (C=N–C) groups is 1. The van der Waals surface area contributed by atoms with Crippen LogP contribution in [0.5, 0.6) is 0 Å². The van der Waals surface area contributed by atoms with Gasteiger partial charge < -0.3 is 25.8 Å². The first-order chi connectivity index (χ1) is 14.6. The van der Waals surface area contributed by atoms with Crippen LogP contribution in [0.15, 0.2) is 29.3 Å². The highest BCUT2D eigenvalue weighted by Crippen LogP contribution is 2.21. The number of piperazine rings is 1. The van der Waals surface area contributed by atoms with Crippen LogP contribution in [0.25, 0.3) is 0 Å². The summed E-state index contributed by atoms with van der Waals surface area (Å²) >= 11 is 6.13. The number of rotatable bonds is 7.